The summed E-state index contributed by atoms with van der Waals surface area (Å²) in [5, 5.41) is 2.50. The van der Waals surface area contributed by atoms with Gasteiger partial charge < -0.3 is 10.2 Å². The highest BCUT2D eigenvalue weighted by molar-refractivity contribution is 7.99. The highest BCUT2D eigenvalue weighted by Gasteiger charge is 2.42. The fourth-order valence-corrected chi connectivity index (χ4v) is 4.93. The van der Waals surface area contributed by atoms with Crippen LogP contribution in [0.2, 0.25) is 0 Å². The van der Waals surface area contributed by atoms with Gasteiger partial charge in [-0.2, -0.15) is 0 Å². The first kappa shape index (κ1) is 22.3. The Morgan fingerprint density at radius 1 is 1.13 bits per heavy atom. The molecule has 1 heterocycles. The van der Waals surface area contributed by atoms with E-state index >= 15 is 0 Å². The van der Waals surface area contributed by atoms with Gasteiger partial charge in [-0.15, -0.1) is 11.8 Å². The number of thioether (sulfide) groups is 1. The molecule has 1 fully saturated rings. The second-order valence-electron chi connectivity index (χ2n) is 8.96. The first-order valence-electron chi connectivity index (χ1n) is 10.2. The molecule has 0 saturated carbocycles. The monoisotopic (exact) mass is 428 g/mol. The van der Waals surface area contributed by atoms with Crippen LogP contribution in [0.25, 0.3) is 0 Å². The van der Waals surface area contributed by atoms with Gasteiger partial charge in [-0.3, -0.25) is 9.59 Å². The highest BCUT2D eigenvalue weighted by atomic mass is 32.2. The average Bonchev–Trinajstić information content (AvgIpc) is 3.11. The largest absolute Gasteiger partial charge is 0.352 e. The molecular weight excluding hydrogens is 399 g/mol. The topological polar surface area (TPSA) is 49.4 Å². The normalized spacial score (nSPS) is 19.2. The van der Waals surface area contributed by atoms with Gasteiger partial charge in [-0.05, 0) is 54.7 Å². The van der Waals surface area contributed by atoms with Crippen molar-refractivity contribution in [1.82, 2.24) is 10.2 Å². The van der Waals surface area contributed by atoms with Gasteiger partial charge in [0.05, 0.1) is 0 Å². The standard InChI is InChI=1S/C24H29FN2O2S/c1-15(2)26-21(28)20-14-30-23(17-7-6-8-19(25)13-17)27(20)22(29)16-9-11-18(12-10-16)24(3,4)5/h6-13,15,20,23H,14H2,1-5H3,(H,26,28)/t20-,23+/m0/s1. The van der Waals surface area contributed by atoms with Gasteiger partial charge in [0, 0.05) is 17.4 Å². The van der Waals surface area contributed by atoms with Crippen LogP contribution in [0, 0.1) is 5.82 Å². The second kappa shape index (κ2) is 8.80. The molecule has 2 aromatic rings. The van der Waals surface area contributed by atoms with E-state index in [1.165, 1.54) is 23.9 Å². The van der Waals surface area contributed by atoms with E-state index in [0.717, 1.165) is 5.56 Å². The molecule has 160 valence electrons. The number of nitrogens with one attached hydrogen (secondary N) is 1. The molecule has 0 unspecified atom stereocenters. The number of amides is 2. The zero-order valence-electron chi connectivity index (χ0n) is 18.1. The molecule has 0 bridgehead atoms. The van der Waals surface area contributed by atoms with Crippen LogP contribution in [0.15, 0.2) is 48.5 Å². The second-order valence-corrected chi connectivity index (χ2v) is 10.1. The third-order valence-corrected chi connectivity index (χ3v) is 6.42. The van der Waals surface area contributed by atoms with Crippen molar-refractivity contribution in [3.05, 3.63) is 71.0 Å². The summed E-state index contributed by atoms with van der Waals surface area (Å²) >= 11 is 1.48. The summed E-state index contributed by atoms with van der Waals surface area (Å²) in [6.45, 7) is 10.1. The number of hydrogen-bond donors (Lipinski definition) is 1. The van der Waals surface area contributed by atoms with Crippen molar-refractivity contribution in [2.75, 3.05) is 5.75 Å². The molecule has 0 aromatic heterocycles. The summed E-state index contributed by atoms with van der Waals surface area (Å²) in [6, 6.07) is 13.1. The van der Waals surface area contributed by atoms with Gasteiger partial charge in [0.15, 0.2) is 0 Å². The van der Waals surface area contributed by atoms with Gasteiger partial charge in [0.1, 0.15) is 17.2 Å². The Morgan fingerprint density at radius 2 is 1.80 bits per heavy atom. The third-order valence-electron chi connectivity index (χ3n) is 5.10. The molecule has 1 aliphatic rings. The number of carbonyl (C=O) groups is 2. The predicted octanol–water partition coefficient (Wildman–Crippen LogP) is 4.90. The number of hydrogen-bond acceptors (Lipinski definition) is 3. The van der Waals surface area contributed by atoms with Crippen LogP contribution in [0.3, 0.4) is 0 Å². The van der Waals surface area contributed by atoms with E-state index in [9.17, 15) is 14.0 Å². The summed E-state index contributed by atoms with van der Waals surface area (Å²) < 4.78 is 13.9. The molecule has 2 aromatic carbocycles. The Bertz CT molecular complexity index is 922. The molecule has 4 nitrogen and oxygen atoms in total. The summed E-state index contributed by atoms with van der Waals surface area (Å²) in [7, 11) is 0. The van der Waals surface area contributed by atoms with E-state index in [4.69, 9.17) is 0 Å². The quantitative estimate of drug-likeness (QED) is 0.753. The van der Waals surface area contributed by atoms with Gasteiger partial charge in [-0.1, -0.05) is 45.0 Å². The van der Waals surface area contributed by atoms with Crippen molar-refractivity contribution in [2.24, 2.45) is 0 Å². The zero-order valence-corrected chi connectivity index (χ0v) is 18.9. The van der Waals surface area contributed by atoms with E-state index in [2.05, 4.69) is 26.1 Å². The molecule has 0 spiro atoms. The summed E-state index contributed by atoms with van der Waals surface area (Å²) in [6.07, 6.45) is 0. The van der Waals surface area contributed by atoms with E-state index in [1.807, 2.05) is 38.1 Å². The number of nitrogens with zero attached hydrogens (tertiary/aromatic N) is 1. The minimum atomic E-state index is -0.611. The van der Waals surface area contributed by atoms with Crippen LogP contribution in [-0.2, 0) is 10.2 Å². The van der Waals surface area contributed by atoms with E-state index in [1.54, 1.807) is 17.0 Å². The Morgan fingerprint density at radius 3 is 2.37 bits per heavy atom. The van der Waals surface area contributed by atoms with E-state index < -0.39 is 11.4 Å². The van der Waals surface area contributed by atoms with Crippen LogP contribution in [-0.4, -0.2) is 34.6 Å². The van der Waals surface area contributed by atoms with Gasteiger partial charge in [0.2, 0.25) is 5.91 Å². The molecule has 30 heavy (non-hydrogen) atoms. The molecule has 1 N–H and O–H groups in total. The van der Waals surface area contributed by atoms with Gasteiger partial charge in [0.25, 0.3) is 5.91 Å². The van der Waals surface area contributed by atoms with E-state index in [0.29, 0.717) is 16.9 Å². The number of carbonyl (C=O) groups excluding carboxylic acids is 2. The maximum Gasteiger partial charge on any atom is 0.255 e. The van der Waals surface area contributed by atoms with E-state index in [-0.39, 0.29) is 29.1 Å². The van der Waals surface area contributed by atoms with Crippen LogP contribution in [0.4, 0.5) is 4.39 Å². The molecule has 0 aliphatic carbocycles. The SMILES string of the molecule is CC(C)NC(=O)[C@@H]1CS[C@H](c2cccc(F)c2)N1C(=O)c1ccc(C(C)(C)C)cc1. The molecule has 2 amide bonds. The predicted molar refractivity (Wildman–Crippen MR) is 120 cm³/mol. The molecule has 6 heteroatoms. The lowest BCUT2D eigenvalue weighted by Crippen LogP contribution is -2.49. The Hall–Kier alpha value is -2.34. The molecule has 3 rings (SSSR count). The first-order chi connectivity index (χ1) is 14.1. The van der Waals surface area contributed by atoms with Crippen LogP contribution in [0.5, 0.6) is 0 Å². The van der Waals surface area contributed by atoms with Crippen LogP contribution < -0.4 is 5.32 Å². The van der Waals surface area contributed by atoms with Gasteiger partial charge >= 0.3 is 0 Å². The summed E-state index contributed by atoms with van der Waals surface area (Å²) in [5.74, 6) is -0.300. The fourth-order valence-electron chi connectivity index (χ4n) is 3.52. The van der Waals surface area contributed by atoms with Crippen molar-refractivity contribution in [2.45, 2.75) is 57.5 Å². The Labute approximate surface area is 182 Å². The molecular formula is C24H29FN2O2S. The van der Waals surface area contributed by atoms with Crippen molar-refractivity contribution in [3.8, 4) is 0 Å². The lowest BCUT2D eigenvalue weighted by Gasteiger charge is -2.30. The summed E-state index contributed by atoms with van der Waals surface area (Å²) in [4.78, 5) is 28.0. The maximum absolute atomic E-state index is 13.9. The van der Waals surface area contributed by atoms with Crippen molar-refractivity contribution < 1.29 is 14.0 Å². The maximum atomic E-state index is 13.9. The average molecular weight is 429 g/mol. The lowest BCUT2D eigenvalue weighted by atomic mass is 9.86. The van der Waals surface area contributed by atoms with Crippen molar-refractivity contribution >= 4 is 23.6 Å². The van der Waals surface area contributed by atoms with Crippen molar-refractivity contribution in [1.29, 1.82) is 0 Å². The fraction of sp³-hybridized carbons (Fsp3) is 0.417. The summed E-state index contributed by atoms with van der Waals surface area (Å²) in [5.41, 5.74) is 2.31. The smallest absolute Gasteiger partial charge is 0.255 e. The zero-order chi connectivity index (χ0) is 22.1. The Kier molecular flexibility index (Phi) is 6.56. The van der Waals surface area contributed by atoms with Crippen LogP contribution in [0.1, 0.15) is 61.5 Å². The molecule has 1 saturated heterocycles. The number of benzene rings is 2. The number of rotatable bonds is 4. The van der Waals surface area contributed by atoms with Crippen molar-refractivity contribution in [3.63, 3.8) is 0 Å². The van der Waals surface area contributed by atoms with Gasteiger partial charge in [-0.25, -0.2) is 4.39 Å². The minimum absolute atomic E-state index is 0.0190. The highest BCUT2D eigenvalue weighted by Crippen LogP contribution is 2.42. The Balaban J connectivity index is 1.96. The van der Waals surface area contributed by atoms with Crippen LogP contribution >= 0.6 is 11.8 Å². The molecule has 1 aliphatic heterocycles. The minimum Gasteiger partial charge on any atom is -0.352 e. The molecule has 0 radical (unpaired) electrons. The lowest BCUT2D eigenvalue weighted by molar-refractivity contribution is -0.125. The number of halogens is 1. The third kappa shape index (κ3) is 4.86. The molecule has 2 atom stereocenters. The first-order valence-corrected chi connectivity index (χ1v) is 11.2.